The first-order chi connectivity index (χ1) is 6.81. The van der Waals surface area contributed by atoms with E-state index in [2.05, 4.69) is 16.4 Å². The molecule has 1 fully saturated rings. The minimum atomic E-state index is 0.494. The van der Waals surface area contributed by atoms with Gasteiger partial charge in [-0.1, -0.05) is 6.07 Å². The van der Waals surface area contributed by atoms with Gasteiger partial charge in [-0.3, -0.25) is 0 Å². The average Bonchev–Trinajstić information content (AvgIpc) is 2.70. The summed E-state index contributed by atoms with van der Waals surface area (Å²) in [6, 6.07) is 4.54. The van der Waals surface area contributed by atoms with E-state index < -0.39 is 0 Å². The molecule has 14 heavy (non-hydrogen) atoms. The lowest BCUT2D eigenvalue weighted by Crippen LogP contribution is -2.14. The molecule has 1 aliphatic heterocycles. The summed E-state index contributed by atoms with van der Waals surface area (Å²) in [5.41, 5.74) is 2.38. The number of ether oxygens (including phenoxy) is 1. The molecule has 0 spiro atoms. The van der Waals surface area contributed by atoms with Crippen LogP contribution in [-0.2, 0) is 0 Å². The molecular formula is C11H16N2O. The molecule has 1 aliphatic rings. The standard InChI is InChI=1S/C11H16N2O/c1-8-9(10-4-3-7-12-10)5-6-11(13-8)14-2/h5-6,10,12H,3-4,7H2,1-2H3/t10-/m1/s1. The summed E-state index contributed by atoms with van der Waals surface area (Å²) in [5, 5.41) is 3.47. The Morgan fingerprint density at radius 3 is 2.93 bits per heavy atom. The molecule has 0 saturated carbocycles. The number of rotatable bonds is 2. The van der Waals surface area contributed by atoms with E-state index in [0.29, 0.717) is 11.9 Å². The molecule has 1 aromatic heterocycles. The van der Waals surface area contributed by atoms with E-state index in [1.54, 1.807) is 7.11 Å². The molecule has 0 amide bonds. The van der Waals surface area contributed by atoms with E-state index in [0.717, 1.165) is 12.2 Å². The minimum Gasteiger partial charge on any atom is -0.481 e. The highest BCUT2D eigenvalue weighted by Gasteiger charge is 2.18. The van der Waals surface area contributed by atoms with Crippen molar-refractivity contribution in [3.8, 4) is 5.88 Å². The first kappa shape index (κ1) is 9.46. The zero-order valence-corrected chi connectivity index (χ0v) is 8.71. The van der Waals surface area contributed by atoms with Gasteiger partial charge in [0.2, 0.25) is 5.88 Å². The Bertz CT molecular complexity index is 319. The summed E-state index contributed by atoms with van der Waals surface area (Å²) >= 11 is 0. The second kappa shape index (κ2) is 3.96. The Kier molecular flexibility index (Phi) is 2.68. The van der Waals surface area contributed by atoms with Gasteiger partial charge >= 0.3 is 0 Å². The predicted molar refractivity (Wildman–Crippen MR) is 55.5 cm³/mol. The number of methoxy groups -OCH3 is 1. The lowest BCUT2D eigenvalue weighted by Gasteiger charge is -2.13. The normalized spacial score (nSPS) is 21.1. The molecule has 0 bridgehead atoms. The van der Waals surface area contributed by atoms with Crippen LogP contribution in [-0.4, -0.2) is 18.6 Å². The molecular weight excluding hydrogens is 176 g/mol. The van der Waals surface area contributed by atoms with Crippen LogP contribution >= 0.6 is 0 Å². The van der Waals surface area contributed by atoms with Crippen LogP contribution in [0.3, 0.4) is 0 Å². The van der Waals surface area contributed by atoms with Crippen LogP contribution in [0.4, 0.5) is 0 Å². The van der Waals surface area contributed by atoms with Crippen LogP contribution in [0.1, 0.15) is 30.1 Å². The number of nitrogens with zero attached hydrogens (tertiary/aromatic N) is 1. The number of pyridine rings is 1. The third-order valence-corrected chi connectivity index (χ3v) is 2.75. The summed E-state index contributed by atoms with van der Waals surface area (Å²) < 4.78 is 5.08. The van der Waals surface area contributed by atoms with Gasteiger partial charge < -0.3 is 10.1 Å². The summed E-state index contributed by atoms with van der Waals surface area (Å²) in [4.78, 5) is 4.37. The highest BCUT2D eigenvalue weighted by molar-refractivity contribution is 5.28. The second-order valence-electron chi connectivity index (χ2n) is 3.68. The van der Waals surface area contributed by atoms with Crippen molar-refractivity contribution in [1.29, 1.82) is 0 Å². The summed E-state index contributed by atoms with van der Waals surface area (Å²) in [5.74, 6) is 0.698. The molecule has 0 unspecified atom stereocenters. The molecule has 0 aromatic carbocycles. The van der Waals surface area contributed by atoms with E-state index in [1.165, 1.54) is 18.4 Å². The van der Waals surface area contributed by atoms with Crippen molar-refractivity contribution in [3.63, 3.8) is 0 Å². The Balaban J connectivity index is 2.25. The molecule has 2 heterocycles. The van der Waals surface area contributed by atoms with Crippen molar-refractivity contribution in [3.05, 3.63) is 23.4 Å². The summed E-state index contributed by atoms with van der Waals surface area (Å²) in [6.07, 6.45) is 2.48. The van der Waals surface area contributed by atoms with Crippen molar-refractivity contribution < 1.29 is 4.74 Å². The fourth-order valence-corrected chi connectivity index (χ4v) is 1.98. The van der Waals surface area contributed by atoms with Crippen molar-refractivity contribution in [1.82, 2.24) is 10.3 Å². The molecule has 2 rings (SSSR count). The van der Waals surface area contributed by atoms with Gasteiger partial charge in [0, 0.05) is 17.8 Å². The van der Waals surface area contributed by atoms with Crippen LogP contribution in [0.15, 0.2) is 12.1 Å². The molecule has 76 valence electrons. The Morgan fingerprint density at radius 1 is 1.50 bits per heavy atom. The maximum absolute atomic E-state index is 5.08. The van der Waals surface area contributed by atoms with Gasteiger partial charge in [-0.2, -0.15) is 0 Å². The first-order valence-corrected chi connectivity index (χ1v) is 5.06. The first-order valence-electron chi connectivity index (χ1n) is 5.06. The van der Waals surface area contributed by atoms with E-state index in [4.69, 9.17) is 4.74 Å². The Morgan fingerprint density at radius 2 is 2.36 bits per heavy atom. The third kappa shape index (κ3) is 1.73. The molecule has 3 heteroatoms. The minimum absolute atomic E-state index is 0.494. The van der Waals surface area contributed by atoms with Gasteiger partial charge in [0.1, 0.15) is 0 Å². The van der Waals surface area contributed by atoms with Crippen molar-refractivity contribution in [2.24, 2.45) is 0 Å². The highest BCUT2D eigenvalue weighted by atomic mass is 16.5. The Hall–Kier alpha value is -1.09. The van der Waals surface area contributed by atoms with Crippen LogP contribution in [0, 0.1) is 6.92 Å². The zero-order chi connectivity index (χ0) is 9.97. The van der Waals surface area contributed by atoms with Gasteiger partial charge in [-0.25, -0.2) is 4.98 Å². The van der Waals surface area contributed by atoms with Gasteiger partial charge in [0.25, 0.3) is 0 Å². The summed E-state index contributed by atoms with van der Waals surface area (Å²) in [7, 11) is 1.65. The topological polar surface area (TPSA) is 34.1 Å². The maximum atomic E-state index is 5.08. The maximum Gasteiger partial charge on any atom is 0.213 e. The molecule has 1 saturated heterocycles. The fraction of sp³-hybridized carbons (Fsp3) is 0.545. The van der Waals surface area contributed by atoms with Gasteiger partial charge in [0.15, 0.2) is 0 Å². The predicted octanol–water partition coefficient (Wildman–Crippen LogP) is 1.82. The molecule has 3 nitrogen and oxygen atoms in total. The molecule has 1 atom stereocenters. The molecule has 1 aromatic rings. The summed E-state index contributed by atoms with van der Waals surface area (Å²) in [6.45, 7) is 3.16. The third-order valence-electron chi connectivity index (χ3n) is 2.75. The van der Waals surface area contributed by atoms with Crippen LogP contribution in [0.2, 0.25) is 0 Å². The van der Waals surface area contributed by atoms with E-state index in [9.17, 15) is 0 Å². The van der Waals surface area contributed by atoms with Gasteiger partial charge in [0.05, 0.1) is 7.11 Å². The fourth-order valence-electron chi connectivity index (χ4n) is 1.98. The van der Waals surface area contributed by atoms with Gasteiger partial charge in [-0.05, 0) is 31.9 Å². The Labute approximate surface area is 84.5 Å². The van der Waals surface area contributed by atoms with E-state index >= 15 is 0 Å². The van der Waals surface area contributed by atoms with Crippen molar-refractivity contribution >= 4 is 0 Å². The van der Waals surface area contributed by atoms with E-state index in [1.807, 2.05) is 13.0 Å². The zero-order valence-electron chi connectivity index (χ0n) is 8.71. The quantitative estimate of drug-likeness (QED) is 0.776. The highest BCUT2D eigenvalue weighted by Crippen LogP contribution is 2.26. The van der Waals surface area contributed by atoms with Gasteiger partial charge in [-0.15, -0.1) is 0 Å². The second-order valence-corrected chi connectivity index (χ2v) is 3.68. The SMILES string of the molecule is COc1ccc([C@H]2CCCN2)c(C)n1. The number of hydrogen-bond acceptors (Lipinski definition) is 3. The largest absolute Gasteiger partial charge is 0.481 e. The molecule has 1 N–H and O–H groups in total. The van der Waals surface area contributed by atoms with E-state index in [-0.39, 0.29) is 0 Å². The number of nitrogens with one attached hydrogen (secondary N) is 1. The number of aryl methyl sites for hydroxylation is 1. The lowest BCUT2D eigenvalue weighted by molar-refractivity contribution is 0.396. The monoisotopic (exact) mass is 192 g/mol. The van der Waals surface area contributed by atoms with Crippen LogP contribution < -0.4 is 10.1 Å². The lowest BCUT2D eigenvalue weighted by atomic mass is 10.0. The average molecular weight is 192 g/mol. The molecule has 0 radical (unpaired) electrons. The van der Waals surface area contributed by atoms with Crippen molar-refractivity contribution in [2.75, 3.05) is 13.7 Å². The van der Waals surface area contributed by atoms with Crippen LogP contribution in [0.25, 0.3) is 0 Å². The number of hydrogen-bond donors (Lipinski definition) is 1. The molecule has 0 aliphatic carbocycles. The number of aromatic nitrogens is 1. The smallest absolute Gasteiger partial charge is 0.213 e. The van der Waals surface area contributed by atoms with Crippen molar-refractivity contribution in [2.45, 2.75) is 25.8 Å². The van der Waals surface area contributed by atoms with Crippen LogP contribution in [0.5, 0.6) is 5.88 Å².